The highest BCUT2D eigenvalue weighted by Crippen LogP contribution is 2.35. The quantitative estimate of drug-likeness (QED) is 0.0932. The predicted molar refractivity (Wildman–Crippen MR) is 183 cm³/mol. The Bertz CT molecular complexity index is 1300. The maximum atomic E-state index is 12.8. The van der Waals surface area contributed by atoms with E-state index in [9.17, 15) is 22.6 Å². The smallest absolute Gasteiger partial charge is 0.298 e. The van der Waals surface area contributed by atoms with Crippen molar-refractivity contribution in [3.8, 4) is 11.5 Å². The Balaban J connectivity index is 1.31. The number of anilines is 1. The zero-order valence-electron chi connectivity index (χ0n) is 26.8. The third-order valence-corrected chi connectivity index (χ3v) is 9.79. The van der Waals surface area contributed by atoms with Gasteiger partial charge in [0.15, 0.2) is 0 Å². The molecule has 250 valence electrons. The van der Waals surface area contributed by atoms with Gasteiger partial charge in [-0.3, -0.25) is 14.1 Å². The molecular formula is C35H51BrN2O6S. The number of ether oxygens (including phenoxy) is 1. The van der Waals surface area contributed by atoms with Gasteiger partial charge in [-0.2, -0.15) is 8.42 Å². The topological polar surface area (TPSA) is 113 Å². The lowest BCUT2D eigenvalue weighted by Crippen LogP contribution is -2.33. The van der Waals surface area contributed by atoms with Crippen molar-refractivity contribution in [1.29, 1.82) is 0 Å². The van der Waals surface area contributed by atoms with E-state index in [2.05, 4.69) is 28.2 Å². The van der Waals surface area contributed by atoms with Gasteiger partial charge in [-0.1, -0.05) is 119 Å². The van der Waals surface area contributed by atoms with Gasteiger partial charge in [0.25, 0.3) is 10.1 Å². The van der Waals surface area contributed by atoms with E-state index in [1.54, 1.807) is 30.3 Å². The maximum absolute atomic E-state index is 12.8. The van der Waals surface area contributed by atoms with Crippen LogP contribution < -0.4 is 15.0 Å². The molecule has 0 spiro atoms. The summed E-state index contributed by atoms with van der Waals surface area (Å²) in [6, 6.07) is 10.9. The van der Waals surface area contributed by atoms with Gasteiger partial charge in [-0.15, -0.1) is 0 Å². The van der Waals surface area contributed by atoms with Crippen molar-refractivity contribution in [3.63, 3.8) is 0 Å². The minimum Gasteiger partial charge on any atom is -0.456 e. The number of amides is 2. The number of halogens is 1. The molecule has 1 fully saturated rings. The first-order chi connectivity index (χ1) is 21.7. The van der Waals surface area contributed by atoms with Gasteiger partial charge < -0.3 is 15.0 Å². The third kappa shape index (κ3) is 13.4. The van der Waals surface area contributed by atoms with Crippen LogP contribution in [-0.2, 0) is 19.7 Å². The third-order valence-electron chi connectivity index (χ3n) is 8.38. The Kier molecular flexibility index (Phi) is 16.4. The molecule has 0 radical (unpaired) electrons. The molecule has 0 aliphatic carbocycles. The zero-order valence-corrected chi connectivity index (χ0v) is 29.2. The average Bonchev–Trinajstić information content (AvgIpc) is 3.41. The molecule has 45 heavy (non-hydrogen) atoms. The lowest BCUT2D eigenvalue weighted by Gasteiger charge is -2.19. The van der Waals surface area contributed by atoms with E-state index in [0.717, 1.165) is 17.3 Å². The molecule has 2 aromatic carbocycles. The van der Waals surface area contributed by atoms with Crippen LogP contribution in [0.15, 0.2) is 51.8 Å². The number of benzene rings is 2. The second kappa shape index (κ2) is 19.9. The number of rotatable bonds is 22. The van der Waals surface area contributed by atoms with Crippen LogP contribution in [0, 0.1) is 5.92 Å². The molecule has 8 nitrogen and oxygen atoms in total. The van der Waals surface area contributed by atoms with Crippen LogP contribution in [-0.4, -0.2) is 37.9 Å². The molecule has 10 heteroatoms. The fourth-order valence-corrected chi connectivity index (χ4v) is 6.64. The monoisotopic (exact) mass is 706 g/mol. The molecule has 2 amide bonds. The molecule has 1 atom stereocenters. The summed E-state index contributed by atoms with van der Waals surface area (Å²) >= 11 is 3.33. The van der Waals surface area contributed by atoms with Gasteiger partial charge in [0.1, 0.15) is 16.4 Å². The van der Waals surface area contributed by atoms with Crippen molar-refractivity contribution in [1.82, 2.24) is 5.32 Å². The maximum Gasteiger partial charge on any atom is 0.298 e. The molecular weight excluding hydrogens is 656 g/mol. The second-order valence-corrected chi connectivity index (χ2v) is 14.5. The standard InChI is InChI=1S/C35H51BrN2O6S/c1-2-3-4-5-6-7-8-9-10-11-12-13-14-15-16-17-24-37-35(40)28-25-34(39)38(27-28)30-20-23-32(33(26-30)45(41,42)43)44-31-21-18-29(36)19-22-31/h18-23,26,28H,2-17,24-25,27H2,1H3,(H,37,40)(H,41,42,43). The van der Waals surface area contributed by atoms with Gasteiger partial charge in [-0.25, -0.2) is 0 Å². The zero-order chi connectivity index (χ0) is 32.5. The first kappa shape index (κ1) is 37.0. The Hall–Kier alpha value is -2.43. The molecule has 0 bridgehead atoms. The number of nitrogens with zero attached hydrogens (tertiary/aromatic N) is 1. The number of hydrogen-bond donors (Lipinski definition) is 2. The van der Waals surface area contributed by atoms with E-state index in [1.807, 2.05) is 0 Å². The Morgan fingerprint density at radius 3 is 1.93 bits per heavy atom. The summed E-state index contributed by atoms with van der Waals surface area (Å²) in [4.78, 5) is 26.5. The summed E-state index contributed by atoms with van der Waals surface area (Å²) in [5.74, 6) is -0.652. The van der Waals surface area contributed by atoms with E-state index in [0.29, 0.717) is 12.3 Å². The van der Waals surface area contributed by atoms with Gasteiger partial charge >= 0.3 is 0 Å². The molecule has 1 aliphatic heterocycles. The van der Waals surface area contributed by atoms with Crippen LogP contribution >= 0.6 is 15.9 Å². The molecule has 1 unspecified atom stereocenters. The van der Waals surface area contributed by atoms with Gasteiger partial charge in [0.05, 0.1) is 5.92 Å². The van der Waals surface area contributed by atoms with Crippen LogP contribution in [0.3, 0.4) is 0 Å². The van der Waals surface area contributed by atoms with Crippen LogP contribution in [0.5, 0.6) is 11.5 Å². The highest BCUT2D eigenvalue weighted by atomic mass is 79.9. The summed E-state index contributed by atoms with van der Waals surface area (Å²) < 4.78 is 40.7. The minimum absolute atomic E-state index is 0.0448. The van der Waals surface area contributed by atoms with Crippen molar-refractivity contribution in [2.75, 3.05) is 18.0 Å². The summed E-state index contributed by atoms with van der Waals surface area (Å²) in [6.45, 7) is 2.98. The van der Waals surface area contributed by atoms with E-state index in [4.69, 9.17) is 4.74 Å². The molecule has 1 heterocycles. The molecule has 3 rings (SSSR count). The first-order valence-corrected chi connectivity index (χ1v) is 19.1. The van der Waals surface area contributed by atoms with E-state index in [1.165, 1.54) is 107 Å². The number of nitrogens with one attached hydrogen (secondary N) is 1. The SMILES string of the molecule is CCCCCCCCCCCCCCCCCCNC(=O)C1CC(=O)N(c2ccc(Oc3ccc(Br)cc3)c(S(=O)(=O)O)c2)C1. The molecule has 0 saturated carbocycles. The number of unbranched alkanes of at least 4 members (excludes halogenated alkanes) is 15. The van der Waals surface area contributed by atoms with Crippen LogP contribution in [0.1, 0.15) is 116 Å². The van der Waals surface area contributed by atoms with E-state index in [-0.39, 0.29) is 36.2 Å². The van der Waals surface area contributed by atoms with E-state index >= 15 is 0 Å². The lowest BCUT2D eigenvalue weighted by molar-refractivity contribution is -0.126. The number of carbonyl (C=O) groups is 2. The predicted octanol–water partition coefficient (Wildman–Crippen LogP) is 9.22. The van der Waals surface area contributed by atoms with Crippen molar-refractivity contribution in [3.05, 3.63) is 46.9 Å². The van der Waals surface area contributed by atoms with E-state index < -0.39 is 20.9 Å². The van der Waals surface area contributed by atoms with Crippen molar-refractivity contribution in [2.45, 2.75) is 121 Å². The summed E-state index contributed by atoms with van der Waals surface area (Å²) in [5.41, 5.74) is 0.281. The van der Waals surface area contributed by atoms with Gasteiger partial charge in [0, 0.05) is 29.7 Å². The fourth-order valence-electron chi connectivity index (χ4n) is 5.74. The molecule has 1 aliphatic rings. The second-order valence-electron chi connectivity index (χ2n) is 12.2. The van der Waals surface area contributed by atoms with Crippen LogP contribution in [0.2, 0.25) is 0 Å². The Morgan fingerprint density at radius 1 is 0.867 bits per heavy atom. The largest absolute Gasteiger partial charge is 0.456 e. The van der Waals surface area contributed by atoms with Crippen molar-refractivity contribution < 1.29 is 27.3 Å². The molecule has 1 saturated heterocycles. The van der Waals surface area contributed by atoms with Crippen LogP contribution in [0.4, 0.5) is 5.69 Å². The van der Waals surface area contributed by atoms with Crippen molar-refractivity contribution in [2.24, 2.45) is 5.92 Å². The van der Waals surface area contributed by atoms with Gasteiger partial charge in [-0.05, 0) is 48.9 Å². The van der Waals surface area contributed by atoms with Crippen LogP contribution in [0.25, 0.3) is 0 Å². The molecule has 2 aromatic rings. The van der Waals surface area contributed by atoms with Crippen molar-refractivity contribution >= 4 is 43.5 Å². The summed E-state index contributed by atoms with van der Waals surface area (Å²) in [6.07, 6.45) is 20.8. The normalized spacial score (nSPS) is 15.0. The number of carbonyl (C=O) groups excluding carboxylic acids is 2. The molecule has 2 N–H and O–H groups in total. The summed E-state index contributed by atoms with van der Waals surface area (Å²) in [7, 11) is -4.65. The highest BCUT2D eigenvalue weighted by Gasteiger charge is 2.35. The average molecular weight is 708 g/mol. The Labute approximate surface area is 278 Å². The fraction of sp³-hybridized carbons (Fsp3) is 0.600. The number of hydrogen-bond acceptors (Lipinski definition) is 5. The summed E-state index contributed by atoms with van der Waals surface area (Å²) in [5, 5.41) is 2.97. The first-order valence-electron chi connectivity index (χ1n) is 16.8. The highest BCUT2D eigenvalue weighted by molar-refractivity contribution is 9.10. The molecule has 0 aromatic heterocycles. The lowest BCUT2D eigenvalue weighted by atomic mass is 10.0. The Morgan fingerprint density at radius 2 is 1.40 bits per heavy atom. The minimum atomic E-state index is -4.65. The van der Waals surface area contributed by atoms with Gasteiger partial charge in [0.2, 0.25) is 11.8 Å².